The quantitative estimate of drug-likeness (QED) is 0.0195. The fraction of sp³-hybridized carbons (Fsp3) is 0.743. The molecule has 9 nitrogen and oxygen atoms in total. The van der Waals surface area contributed by atoms with E-state index in [1.807, 2.05) is 21.1 Å². The molecular formula is C70H124NO8P. The number of esters is 2. The Kier molecular flexibility index (Phi) is 58.2. The minimum absolute atomic E-state index is 0.0333. The van der Waals surface area contributed by atoms with Gasteiger partial charge in [0.1, 0.15) is 19.8 Å². The van der Waals surface area contributed by atoms with Crippen molar-refractivity contribution in [1.29, 1.82) is 0 Å². The summed E-state index contributed by atoms with van der Waals surface area (Å²) in [6.45, 7) is 4.04. The summed E-state index contributed by atoms with van der Waals surface area (Å²) >= 11 is 0. The van der Waals surface area contributed by atoms with Gasteiger partial charge in [-0.15, -0.1) is 0 Å². The van der Waals surface area contributed by atoms with Gasteiger partial charge in [-0.25, -0.2) is 0 Å². The summed E-state index contributed by atoms with van der Waals surface area (Å²) in [5.41, 5.74) is 0. The molecule has 0 rings (SSSR count). The van der Waals surface area contributed by atoms with Crippen molar-refractivity contribution in [2.45, 2.75) is 290 Å². The van der Waals surface area contributed by atoms with E-state index >= 15 is 0 Å². The zero-order valence-corrected chi connectivity index (χ0v) is 53.4. The zero-order chi connectivity index (χ0) is 58.4. The molecule has 0 spiro atoms. The maximum absolute atomic E-state index is 12.9. The molecule has 0 N–H and O–H groups in total. The highest BCUT2D eigenvalue weighted by atomic mass is 31.2. The normalized spacial score (nSPS) is 13.8. The van der Waals surface area contributed by atoms with Crippen LogP contribution in [-0.4, -0.2) is 70.0 Å². The third-order valence-electron chi connectivity index (χ3n) is 14.1. The number of nitrogens with zero attached hydrogens (tertiary/aromatic N) is 1. The van der Waals surface area contributed by atoms with Crippen LogP contribution in [0.2, 0.25) is 0 Å². The molecule has 0 aromatic carbocycles. The first-order valence-corrected chi connectivity index (χ1v) is 34.4. The van der Waals surface area contributed by atoms with Gasteiger partial charge >= 0.3 is 11.9 Å². The number of hydrogen-bond donors (Lipinski definition) is 0. The number of quaternary nitrogens is 1. The van der Waals surface area contributed by atoms with E-state index in [0.717, 1.165) is 89.9 Å². The second-order valence-electron chi connectivity index (χ2n) is 23.1. The number of phosphoric ester groups is 1. The molecule has 0 fully saturated rings. The molecule has 0 heterocycles. The molecule has 0 radical (unpaired) electrons. The molecular weight excluding hydrogens is 1010 g/mol. The van der Waals surface area contributed by atoms with Crippen molar-refractivity contribution in [3.8, 4) is 0 Å². The Hall–Kier alpha value is -3.07. The SMILES string of the molecule is CC/C=C\C/C=C\C/C=C\C/C=C\CCCCCCCCCCCCCCCCCCCCC(=O)OC(COC(=O)CCCCCCCCCCCCCC/C=C\C/C=C\C/C=C\C/C=C\CC)COP(=O)([O-])OCC[N+](C)(C)C. The predicted octanol–water partition coefficient (Wildman–Crippen LogP) is 20.5. The topological polar surface area (TPSA) is 111 Å². The van der Waals surface area contributed by atoms with Gasteiger partial charge in [0, 0.05) is 12.8 Å². The Morgan fingerprint density at radius 1 is 0.388 bits per heavy atom. The summed E-state index contributed by atoms with van der Waals surface area (Å²) in [6, 6.07) is 0. The number of likely N-dealkylation sites (N-methyl/N-ethyl adjacent to an activating group) is 1. The lowest BCUT2D eigenvalue weighted by molar-refractivity contribution is -0.870. The van der Waals surface area contributed by atoms with Gasteiger partial charge in [0.15, 0.2) is 6.10 Å². The number of phosphoric acid groups is 1. The maximum Gasteiger partial charge on any atom is 0.306 e. The molecule has 2 atom stereocenters. The van der Waals surface area contributed by atoms with Crippen molar-refractivity contribution in [3.05, 3.63) is 97.2 Å². The van der Waals surface area contributed by atoms with Gasteiger partial charge < -0.3 is 27.9 Å². The van der Waals surface area contributed by atoms with E-state index in [1.54, 1.807) is 0 Å². The van der Waals surface area contributed by atoms with Gasteiger partial charge in [0.2, 0.25) is 0 Å². The first kappa shape index (κ1) is 76.9. The fourth-order valence-electron chi connectivity index (χ4n) is 9.11. The lowest BCUT2D eigenvalue weighted by atomic mass is 10.0. The molecule has 462 valence electrons. The van der Waals surface area contributed by atoms with Crippen molar-refractivity contribution in [3.63, 3.8) is 0 Å². The summed E-state index contributed by atoms with van der Waals surface area (Å²) in [5, 5.41) is 0. The van der Waals surface area contributed by atoms with Gasteiger partial charge in [0.25, 0.3) is 7.82 Å². The number of unbranched alkanes of at least 4 members (excludes halogenated alkanes) is 30. The minimum atomic E-state index is -4.64. The smallest absolute Gasteiger partial charge is 0.306 e. The van der Waals surface area contributed by atoms with Gasteiger partial charge in [-0.05, 0) is 89.9 Å². The van der Waals surface area contributed by atoms with Crippen LogP contribution < -0.4 is 4.89 Å². The Balaban J connectivity index is 4.06. The largest absolute Gasteiger partial charge is 0.756 e. The zero-order valence-electron chi connectivity index (χ0n) is 52.5. The van der Waals surface area contributed by atoms with Crippen LogP contribution in [0.1, 0.15) is 284 Å². The van der Waals surface area contributed by atoms with Crippen LogP contribution in [0.4, 0.5) is 0 Å². The summed E-state index contributed by atoms with van der Waals surface area (Å²) in [7, 11) is 1.17. The summed E-state index contributed by atoms with van der Waals surface area (Å²) < 4.78 is 34.3. The van der Waals surface area contributed by atoms with E-state index in [1.165, 1.54) is 161 Å². The van der Waals surface area contributed by atoms with E-state index in [-0.39, 0.29) is 32.0 Å². The summed E-state index contributed by atoms with van der Waals surface area (Å²) in [5.74, 6) is -0.829. The Bertz CT molecular complexity index is 1670. The molecule has 0 amide bonds. The van der Waals surface area contributed by atoms with Gasteiger partial charge in [-0.2, -0.15) is 0 Å². The molecule has 0 saturated heterocycles. The van der Waals surface area contributed by atoms with Gasteiger partial charge in [-0.1, -0.05) is 278 Å². The second kappa shape index (κ2) is 60.5. The van der Waals surface area contributed by atoms with Crippen molar-refractivity contribution >= 4 is 19.8 Å². The van der Waals surface area contributed by atoms with Gasteiger partial charge in [0.05, 0.1) is 27.7 Å². The average Bonchev–Trinajstić information content (AvgIpc) is 3.42. The van der Waals surface area contributed by atoms with Crippen LogP contribution in [0.15, 0.2) is 97.2 Å². The lowest BCUT2D eigenvalue weighted by Crippen LogP contribution is -2.37. The molecule has 0 aliphatic heterocycles. The van der Waals surface area contributed by atoms with Crippen LogP contribution in [0.25, 0.3) is 0 Å². The number of rotatable bonds is 60. The first-order valence-electron chi connectivity index (χ1n) is 32.9. The van der Waals surface area contributed by atoms with E-state index in [9.17, 15) is 19.0 Å². The average molecular weight is 1140 g/mol. The molecule has 0 aliphatic carbocycles. The minimum Gasteiger partial charge on any atom is -0.756 e. The number of carbonyl (C=O) groups excluding carboxylic acids is 2. The van der Waals surface area contributed by atoms with Crippen molar-refractivity contribution in [2.24, 2.45) is 0 Å². The van der Waals surface area contributed by atoms with Crippen LogP contribution in [-0.2, 0) is 32.7 Å². The molecule has 10 heteroatoms. The second-order valence-corrected chi connectivity index (χ2v) is 24.5. The van der Waals surface area contributed by atoms with Crippen molar-refractivity contribution in [1.82, 2.24) is 0 Å². The molecule has 0 aromatic rings. The number of hydrogen-bond acceptors (Lipinski definition) is 8. The van der Waals surface area contributed by atoms with E-state index in [0.29, 0.717) is 17.4 Å². The summed E-state index contributed by atoms with van der Waals surface area (Å²) in [4.78, 5) is 38.0. The maximum atomic E-state index is 12.9. The van der Waals surface area contributed by atoms with Gasteiger partial charge in [-0.3, -0.25) is 14.2 Å². The lowest BCUT2D eigenvalue weighted by Gasteiger charge is -2.28. The van der Waals surface area contributed by atoms with E-state index in [4.69, 9.17) is 18.5 Å². The third-order valence-corrected chi connectivity index (χ3v) is 15.1. The Labute approximate surface area is 493 Å². The molecule has 0 saturated carbocycles. The van der Waals surface area contributed by atoms with Crippen molar-refractivity contribution < 1.29 is 42.1 Å². The highest BCUT2D eigenvalue weighted by molar-refractivity contribution is 7.45. The number of allylic oxidation sites excluding steroid dienone is 16. The predicted molar refractivity (Wildman–Crippen MR) is 342 cm³/mol. The van der Waals surface area contributed by atoms with E-state index in [2.05, 4.69) is 111 Å². The molecule has 80 heavy (non-hydrogen) atoms. The molecule has 2 unspecified atom stereocenters. The fourth-order valence-corrected chi connectivity index (χ4v) is 9.84. The van der Waals surface area contributed by atoms with Crippen molar-refractivity contribution in [2.75, 3.05) is 47.5 Å². The Morgan fingerprint density at radius 3 is 1.00 bits per heavy atom. The third kappa shape index (κ3) is 64.1. The first-order chi connectivity index (χ1) is 39.0. The molecule has 0 aliphatic rings. The Morgan fingerprint density at radius 2 is 0.675 bits per heavy atom. The van der Waals surface area contributed by atoms with Crippen LogP contribution in [0, 0.1) is 0 Å². The number of carbonyl (C=O) groups is 2. The van der Waals surface area contributed by atoms with E-state index < -0.39 is 26.5 Å². The highest BCUT2D eigenvalue weighted by Crippen LogP contribution is 2.38. The van der Waals surface area contributed by atoms with Crippen LogP contribution in [0.5, 0.6) is 0 Å². The number of ether oxygens (including phenoxy) is 2. The monoisotopic (exact) mass is 1140 g/mol. The summed E-state index contributed by atoms with van der Waals surface area (Å²) in [6.07, 6.45) is 83.3. The van der Waals surface area contributed by atoms with Crippen LogP contribution >= 0.6 is 7.82 Å². The molecule has 0 bridgehead atoms. The highest BCUT2D eigenvalue weighted by Gasteiger charge is 2.22. The molecule has 0 aromatic heterocycles. The van der Waals surface area contributed by atoms with Crippen LogP contribution in [0.3, 0.4) is 0 Å². The standard InChI is InChI=1S/C70H124NO8P/c1-6-8-10-12-14-16-18-20-22-24-26-28-30-32-33-34-35-36-37-39-41-43-45-47-49-51-53-55-57-59-61-63-70(73)79-68(67-78-80(74,75)77-65-64-71(3,4)5)66-76-69(72)62-60-58-56-54-52-50-48-46-44-42-40-38-31-29-27-25-23-21-19-17-15-13-11-9-7-2/h8-11,14-17,20-23,26-29,68H,6-7,12-13,18-19,24-25,30-67H2,1-5H3/b10-8-,11-9-,16-14-,17-15-,22-20-,23-21-,28-26-,29-27-.